The zero-order valence-corrected chi connectivity index (χ0v) is 12.5. The molecule has 7 nitrogen and oxygen atoms in total. The minimum absolute atomic E-state index is 0.221. The highest BCUT2D eigenvalue weighted by Crippen LogP contribution is 2.23. The number of carbonyl (C=O) groups is 2. The molecular weight excluding hydrogens is 288 g/mol. The Morgan fingerprint density at radius 2 is 1.91 bits per heavy atom. The lowest BCUT2D eigenvalue weighted by Crippen LogP contribution is -2.12. The number of nitrogens with zero attached hydrogens (tertiary/aromatic N) is 1. The number of rotatable bonds is 9. The highest BCUT2D eigenvalue weighted by molar-refractivity contribution is 5.96. The van der Waals surface area contributed by atoms with E-state index in [2.05, 4.69) is 12.2 Å². The summed E-state index contributed by atoms with van der Waals surface area (Å²) in [6, 6.07) is 3.52. The van der Waals surface area contributed by atoms with Crippen LogP contribution in [-0.2, 0) is 4.79 Å². The number of nitro groups is 1. The van der Waals surface area contributed by atoms with E-state index >= 15 is 0 Å². The van der Waals surface area contributed by atoms with Gasteiger partial charge in [0.2, 0.25) is 5.91 Å². The van der Waals surface area contributed by atoms with E-state index in [-0.39, 0.29) is 11.6 Å². The van der Waals surface area contributed by atoms with Gasteiger partial charge >= 0.3 is 5.97 Å². The summed E-state index contributed by atoms with van der Waals surface area (Å²) in [4.78, 5) is 32.8. The van der Waals surface area contributed by atoms with Gasteiger partial charge in [0.05, 0.1) is 4.92 Å². The molecule has 120 valence electrons. The number of anilines is 1. The number of nitrogens with one attached hydrogen (secondary N) is 1. The zero-order valence-electron chi connectivity index (χ0n) is 12.5. The van der Waals surface area contributed by atoms with Gasteiger partial charge in [0.25, 0.3) is 5.69 Å². The van der Waals surface area contributed by atoms with Gasteiger partial charge in [0, 0.05) is 18.2 Å². The van der Waals surface area contributed by atoms with Gasteiger partial charge in [-0.05, 0) is 18.6 Å². The molecule has 0 aromatic heterocycles. The first-order valence-electron chi connectivity index (χ1n) is 7.27. The maximum Gasteiger partial charge on any atom is 0.342 e. The highest BCUT2D eigenvalue weighted by atomic mass is 16.6. The second kappa shape index (κ2) is 8.76. The number of benzene rings is 1. The average Bonchev–Trinajstić information content (AvgIpc) is 2.46. The maximum atomic E-state index is 11.8. The third-order valence-electron chi connectivity index (χ3n) is 3.21. The molecule has 0 atom stereocenters. The standard InChI is InChI=1S/C15H20N2O5/c1-2-3-4-5-6-7-14(18)16-11-8-9-13(17(21)22)12(10-11)15(19)20/h8-10H,2-7H2,1H3,(H,16,18)(H,19,20). The Labute approximate surface area is 128 Å². The largest absolute Gasteiger partial charge is 0.477 e. The quantitative estimate of drug-likeness (QED) is 0.411. The van der Waals surface area contributed by atoms with Crippen molar-refractivity contribution in [1.82, 2.24) is 0 Å². The Balaban J connectivity index is 2.62. The molecule has 0 spiro atoms. The van der Waals surface area contributed by atoms with Gasteiger partial charge in [-0.1, -0.05) is 32.6 Å². The van der Waals surface area contributed by atoms with E-state index in [4.69, 9.17) is 5.11 Å². The average molecular weight is 308 g/mol. The van der Waals surface area contributed by atoms with Crippen molar-refractivity contribution in [1.29, 1.82) is 0 Å². The summed E-state index contributed by atoms with van der Waals surface area (Å²) >= 11 is 0. The number of aromatic carboxylic acids is 1. The minimum Gasteiger partial charge on any atom is -0.477 e. The summed E-state index contributed by atoms with van der Waals surface area (Å²) in [5.41, 5.74) is -0.683. The molecule has 22 heavy (non-hydrogen) atoms. The van der Waals surface area contributed by atoms with Crippen LogP contribution in [0.1, 0.15) is 55.8 Å². The number of hydrogen-bond donors (Lipinski definition) is 2. The third-order valence-corrected chi connectivity index (χ3v) is 3.21. The summed E-state index contributed by atoms with van der Waals surface area (Å²) < 4.78 is 0. The Bertz CT molecular complexity index is 557. The molecule has 7 heteroatoms. The molecule has 0 heterocycles. The van der Waals surface area contributed by atoms with Crippen LogP contribution in [0.3, 0.4) is 0 Å². The van der Waals surface area contributed by atoms with Gasteiger partial charge in [-0.25, -0.2) is 4.79 Å². The van der Waals surface area contributed by atoms with Crippen molar-refractivity contribution >= 4 is 23.3 Å². The van der Waals surface area contributed by atoms with Crippen molar-refractivity contribution in [3.05, 3.63) is 33.9 Å². The molecule has 0 aliphatic carbocycles. The lowest BCUT2D eigenvalue weighted by Gasteiger charge is -2.06. The number of nitro benzene ring substituents is 1. The van der Waals surface area contributed by atoms with E-state index in [9.17, 15) is 19.7 Å². The first kappa shape index (κ1) is 17.6. The number of carbonyl (C=O) groups excluding carboxylic acids is 1. The Kier molecular flexibility index (Phi) is 7.01. The van der Waals surface area contributed by atoms with Crippen LogP contribution >= 0.6 is 0 Å². The topological polar surface area (TPSA) is 110 Å². The summed E-state index contributed by atoms with van der Waals surface area (Å²) in [7, 11) is 0. The molecule has 1 rings (SSSR count). The molecule has 0 radical (unpaired) electrons. The van der Waals surface area contributed by atoms with Crippen LogP contribution in [-0.4, -0.2) is 21.9 Å². The van der Waals surface area contributed by atoms with Gasteiger partial charge < -0.3 is 10.4 Å². The monoisotopic (exact) mass is 308 g/mol. The fraction of sp³-hybridized carbons (Fsp3) is 0.467. The predicted octanol–water partition coefficient (Wildman–Crippen LogP) is 3.59. The van der Waals surface area contributed by atoms with E-state index in [1.165, 1.54) is 6.07 Å². The smallest absolute Gasteiger partial charge is 0.342 e. The Morgan fingerprint density at radius 1 is 1.23 bits per heavy atom. The van der Waals surface area contributed by atoms with Gasteiger partial charge in [0.15, 0.2) is 0 Å². The molecule has 0 unspecified atom stereocenters. The lowest BCUT2D eigenvalue weighted by atomic mass is 10.1. The van der Waals surface area contributed by atoms with Crippen LogP contribution in [0.4, 0.5) is 11.4 Å². The van der Waals surface area contributed by atoms with Gasteiger partial charge in [-0.3, -0.25) is 14.9 Å². The van der Waals surface area contributed by atoms with Crippen LogP contribution in [0.25, 0.3) is 0 Å². The summed E-state index contributed by atoms with van der Waals surface area (Å²) in [6.07, 6.45) is 5.46. The number of carboxylic acids is 1. The maximum absolute atomic E-state index is 11.8. The molecular formula is C15H20N2O5. The normalized spacial score (nSPS) is 10.2. The third kappa shape index (κ3) is 5.51. The lowest BCUT2D eigenvalue weighted by molar-refractivity contribution is -0.385. The fourth-order valence-corrected chi connectivity index (χ4v) is 2.06. The van der Waals surface area contributed by atoms with Crippen LogP contribution in [0.5, 0.6) is 0 Å². The van der Waals surface area contributed by atoms with E-state index in [0.29, 0.717) is 6.42 Å². The van der Waals surface area contributed by atoms with Crippen molar-refractivity contribution in [2.24, 2.45) is 0 Å². The van der Waals surface area contributed by atoms with E-state index in [1.807, 2.05) is 0 Å². The molecule has 0 saturated heterocycles. The molecule has 0 fully saturated rings. The van der Waals surface area contributed by atoms with E-state index in [1.54, 1.807) is 0 Å². The number of carboxylic acid groups (broad SMARTS) is 1. The Hall–Kier alpha value is -2.44. The molecule has 0 aliphatic rings. The molecule has 0 aliphatic heterocycles. The number of amides is 1. The van der Waals surface area contributed by atoms with Crippen LogP contribution in [0, 0.1) is 10.1 Å². The zero-order chi connectivity index (χ0) is 16.5. The fourth-order valence-electron chi connectivity index (χ4n) is 2.06. The second-order valence-electron chi connectivity index (χ2n) is 5.01. The van der Waals surface area contributed by atoms with Crippen LogP contribution < -0.4 is 5.32 Å². The molecule has 0 bridgehead atoms. The number of unbranched alkanes of at least 4 members (excludes halogenated alkanes) is 4. The number of hydrogen-bond acceptors (Lipinski definition) is 4. The van der Waals surface area contributed by atoms with E-state index < -0.39 is 22.1 Å². The molecule has 0 saturated carbocycles. The van der Waals surface area contributed by atoms with Gasteiger partial charge in [0.1, 0.15) is 5.56 Å². The van der Waals surface area contributed by atoms with Gasteiger partial charge in [-0.15, -0.1) is 0 Å². The van der Waals surface area contributed by atoms with Crippen molar-refractivity contribution in [3.8, 4) is 0 Å². The van der Waals surface area contributed by atoms with Crippen molar-refractivity contribution in [2.45, 2.75) is 45.4 Å². The first-order chi connectivity index (χ1) is 10.5. The van der Waals surface area contributed by atoms with Crippen LogP contribution in [0.2, 0.25) is 0 Å². The first-order valence-corrected chi connectivity index (χ1v) is 7.27. The highest BCUT2D eigenvalue weighted by Gasteiger charge is 2.20. The SMILES string of the molecule is CCCCCCCC(=O)Nc1ccc([N+](=O)[O-])c(C(=O)O)c1. The Morgan fingerprint density at radius 3 is 2.50 bits per heavy atom. The van der Waals surface area contributed by atoms with Gasteiger partial charge in [-0.2, -0.15) is 0 Å². The molecule has 1 aromatic rings. The predicted molar refractivity (Wildman–Crippen MR) is 82.1 cm³/mol. The summed E-state index contributed by atoms with van der Waals surface area (Å²) in [5, 5.41) is 22.3. The second-order valence-corrected chi connectivity index (χ2v) is 5.01. The van der Waals surface area contributed by atoms with Crippen molar-refractivity contribution in [2.75, 3.05) is 5.32 Å². The van der Waals surface area contributed by atoms with Crippen molar-refractivity contribution < 1.29 is 19.6 Å². The van der Waals surface area contributed by atoms with E-state index in [0.717, 1.165) is 44.2 Å². The van der Waals surface area contributed by atoms with Crippen molar-refractivity contribution in [3.63, 3.8) is 0 Å². The molecule has 1 aromatic carbocycles. The molecule has 1 amide bonds. The summed E-state index contributed by atoms with van der Waals surface area (Å²) in [5.74, 6) is -1.62. The summed E-state index contributed by atoms with van der Waals surface area (Å²) in [6.45, 7) is 2.11. The minimum atomic E-state index is -1.40. The van der Waals surface area contributed by atoms with Crippen LogP contribution in [0.15, 0.2) is 18.2 Å². The molecule has 2 N–H and O–H groups in total.